The number of hydrogen-bond donors (Lipinski definition) is 1. The van der Waals surface area contributed by atoms with Crippen LogP contribution in [0.15, 0.2) is 72.8 Å². The molecule has 1 amide bonds. The Morgan fingerprint density at radius 3 is 2.52 bits per heavy atom. The molecule has 3 heteroatoms. The number of hydrogen-bond acceptors (Lipinski definition) is 2. The monoisotopic (exact) mass is 357 g/mol. The van der Waals surface area contributed by atoms with Gasteiger partial charge in [-0.15, -0.1) is 0 Å². The first-order chi connectivity index (χ1) is 13.3. The highest BCUT2D eigenvalue weighted by molar-refractivity contribution is 5.96. The smallest absolute Gasteiger partial charge is 0.262 e. The number of para-hydroxylation sites is 1. The third-order valence-electron chi connectivity index (χ3n) is 5.00. The Morgan fingerprint density at radius 2 is 1.63 bits per heavy atom. The van der Waals surface area contributed by atoms with Gasteiger partial charge in [0.2, 0.25) is 0 Å². The van der Waals surface area contributed by atoms with Crippen molar-refractivity contribution >= 4 is 11.6 Å². The number of amides is 1. The summed E-state index contributed by atoms with van der Waals surface area (Å²) in [6.45, 7) is 0.0135. The standard InChI is InChI=1S/C24H23NO2/c26-24(17-27-23-16-8-12-19-11-4-5-14-21(19)23)25-22-15-7-6-13-20(22)18-9-2-1-3-10-18/h1-3,6-10,12-13,15-16H,4-5,11,14,17H2,(H,25,26). The average Bonchev–Trinajstić information content (AvgIpc) is 2.73. The molecule has 0 radical (unpaired) electrons. The number of aryl methyl sites for hydroxylation is 1. The second-order valence-corrected chi connectivity index (χ2v) is 6.85. The number of carbonyl (C=O) groups is 1. The largest absolute Gasteiger partial charge is 0.483 e. The molecular weight excluding hydrogens is 334 g/mol. The molecule has 0 fully saturated rings. The van der Waals surface area contributed by atoms with Crippen LogP contribution in [0.2, 0.25) is 0 Å². The third kappa shape index (κ3) is 4.03. The van der Waals surface area contributed by atoms with Gasteiger partial charge in [-0.2, -0.15) is 0 Å². The van der Waals surface area contributed by atoms with Gasteiger partial charge in [-0.25, -0.2) is 0 Å². The first kappa shape index (κ1) is 17.3. The molecule has 0 heterocycles. The van der Waals surface area contributed by atoms with E-state index in [1.807, 2.05) is 66.7 Å². The maximum absolute atomic E-state index is 12.5. The number of fused-ring (bicyclic) bond motifs is 1. The number of carbonyl (C=O) groups excluding carboxylic acids is 1. The van der Waals surface area contributed by atoms with Crippen LogP contribution < -0.4 is 10.1 Å². The van der Waals surface area contributed by atoms with E-state index in [1.165, 1.54) is 24.0 Å². The van der Waals surface area contributed by atoms with Crippen molar-refractivity contribution in [2.45, 2.75) is 25.7 Å². The van der Waals surface area contributed by atoms with Gasteiger partial charge in [-0.1, -0.05) is 60.7 Å². The summed E-state index contributed by atoms with van der Waals surface area (Å²) < 4.78 is 5.87. The van der Waals surface area contributed by atoms with Crippen molar-refractivity contribution in [3.05, 3.63) is 83.9 Å². The summed E-state index contributed by atoms with van der Waals surface area (Å²) in [6.07, 6.45) is 4.55. The van der Waals surface area contributed by atoms with Crippen LogP contribution in [0.5, 0.6) is 5.75 Å². The highest BCUT2D eigenvalue weighted by Crippen LogP contribution is 2.30. The zero-order valence-electron chi connectivity index (χ0n) is 15.3. The fourth-order valence-corrected chi connectivity index (χ4v) is 3.67. The SMILES string of the molecule is O=C(COc1cccc2c1CCCC2)Nc1ccccc1-c1ccccc1. The number of ether oxygens (including phenoxy) is 1. The summed E-state index contributed by atoms with van der Waals surface area (Å²) in [5.74, 6) is 0.700. The van der Waals surface area contributed by atoms with Crippen LogP contribution in [0, 0.1) is 0 Å². The number of rotatable bonds is 5. The van der Waals surface area contributed by atoms with Gasteiger partial charge in [-0.05, 0) is 54.5 Å². The molecule has 3 aromatic rings. The number of anilines is 1. The minimum Gasteiger partial charge on any atom is -0.483 e. The third-order valence-corrected chi connectivity index (χ3v) is 5.00. The number of benzene rings is 3. The molecule has 0 spiro atoms. The first-order valence-corrected chi connectivity index (χ1v) is 9.49. The Hall–Kier alpha value is -3.07. The predicted octanol–water partition coefficient (Wildman–Crippen LogP) is 5.25. The van der Waals surface area contributed by atoms with Gasteiger partial charge in [0.25, 0.3) is 5.91 Å². The zero-order chi connectivity index (χ0) is 18.5. The molecule has 0 saturated heterocycles. The Morgan fingerprint density at radius 1 is 0.852 bits per heavy atom. The maximum Gasteiger partial charge on any atom is 0.262 e. The van der Waals surface area contributed by atoms with E-state index in [1.54, 1.807) is 0 Å². The van der Waals surface area contributed by atoms with Crippen molar-refractivity contribution in [3.63, 3.8) is 0 Å². The molecule has 0 bridgehead atoms. The molecule has 3 aromatic carbocycles. The first-order valence-electron chi connectivity index (χ1n) is 9.49. The summed E-state index contributed by atoms with van der Waals surface area (Å²) >= 11 is 0. The Bertz CT molecular complexity index is 934. The Balaban J connectivity index is 1.46. The molecule has 0 saturated carbocycles. The van der Waals surface area contributed by atoms with Crippen LogP contribution in [0.4, 0.5) is 5.69 Å². The summed E-state index contributed by atoms with van der Waals surface area (Å²) in [6, 6.07) is 24.0. The zero-order valence-corrected chi connectivity index (χ0v) is 15.3. The molecule has 4 rings (SSSR count). The fourth-order valence-electron chi connectivity index (χ4n) is 3.67. The van der Waals surface area contributed by atoms with Gasteiger partial charge >= 0.3 is 0 Å². The van der Waals surface area contributed by atoms with E-state index >= 15 is 0 Å². The molecule has 1 aliphatic rings. The van der Waals surface area contributed by atoms with E-state index in [-0.39, 0.29) is 12.5 Å². The minimum absolute atomic E-state index is 0.0135. The van der Waals surface area contributed by atoms with Crippen LogP contribution in [0.25, 0.3) is 11.1 Å². The molecule has 136 valence electrons. The van der Waals surface area contributed by atoms with Gasteiger partial charge in [0.15, 0.2) is 6.61 Å². The van der Waals surface area contributed by atoms with Crippen molar-refractivity contribution in [2.24, 2.45) is 0 Å². The lowest BCUT2D eigenvalue weighted by atomic mass is 9.91. The molecule has 0 unspecified atom stereocenters. The van der Waals surface area contributed by atoms with E-state index in [4.69, 9.17) is 4.74 Å². The van der Waals surface area contributed by atoms with E-state index in [9.17, 15) is 4.79 Å². The molecule has 1 aliphatic carbocycles. The lowest BCUT2D eigenvalue weighted by Gasteiger charge is -2.19. The van der Waals surface area contributed by atoms with Crippen LogP contribution in [0.1, 0.15) is 24.0 Å². The minimum atomic E-state index is -0.146. The van der Waals surface area contributed by atoms with Crippen molar-refractivity contribution in [2.75, 3.05) is 11.9 Å². The fraction of sp³-hybridized carbons (Fsp3) is 0.208. The van der Waals surface area contributed by atoms with Crippen molar-refractivity contribution < 1.29 is 9.53 Å². The van der Waals surface area contributed by atoms with E-state index in [0.29, 0.717) is 0 Å². The van der Waals surface area contributed by atoms with Gasteiger partial charge in [0, 0.05) is 11.3 Å². The highest BCUT2D eigenvalue weighted by Gasteiger charge is 2.15. The van der Waals surface area contributed by atoms with Gasteiger partial charge in [0.1, 0.15) is 5.75 Å². The summed E-state index contributed by atoms with van der Waals surface area (Å²) in [4.78, 5) is 12.5. The van der Waals surface area contributed by atoms with Crippen molar-refractivity contribution in [3.8, 4) is 16.9 Å². The van der Waals surface area contributed by atoms with Crippen LogP contribution in [-0.4, -0.2) is 12.5 Å². The van der Waals surface area contributed by atoms with Crippen LogP contribution in [0.3, 0.4) is 0 Å². The van der Waals surface area contributed by atoms with E-state index < -0.39 is 0 Å². The maximum atomic E-state index is 12.5. The highest BCUT2D eigenvalue weighted by atomic mass is 16.5. The van der Waals surface area contributed by atoms with Crippen LogP contribution in [-0.2, 0) is 17.6 Å². The molecule has 3 nitrogen and oxygen atoms in total. The van der Waals surface area contributed by atoms with E-state index in [2.05, 4.69) is 11.4 Å². The van der Waals surface area contributed by atoms with Gasteiger partial charge in [0.05, 0.1) is 0 Å². The lowest BCUT2D eigenvalue weighted by Crippen LogP contribution is -2.21. The van der Waals surface area contributed by atoms with Crippen molar-refractivity contribution in [1.29, 1.82) is 0 Å². The molecule has 27 heavy (non-hydrogen) atoms. The molecule has 1 N–H and O–H groups in total. The van der Waals surface area contributed by atoms with Gasteiger partial charge < -0.3 is 10.1 Å². The Labute approximate surface area is 160 Å². The molecular formula is C24H23NO2. The normalized spacial score (nSPS) is 12.9. The van der Waals surface area contributed by atoms with Gasteiger partial charge in [-0.3, -0.25) is 4.79 Å². The quantitative estimate of drug-likeness (QED) is 0.677. The molecule has 0 atom stereocenters. The second-order valence-electron chi connectivity index (χ2n) is 6.85. The summed E-state index contributed by atoms with van der Waals surface area (Å²) in [5, 5.41) is 3.00. The second kappa shape index (κ2) is 8.09. The Kier molecular flexibility index (Phi) is 5.20. The van der Waals surface area contributed by atoms with Crippen molar-refractivity contribution in [1.82, 2.24) is 0 Å². The predicted molar refractivity (Wildman–Crippen MR) is 109 cm³/mol. The summed E-state index contributed by atoms with van der Waals surface area (Å²) in [7, 11) is 0. The summed E-state index contributed by atoms with van der Waals surface area (Å²) in [5.41, 5.74) is 5.50. The topological polar surface area (TPSA) is 38.3 Å². The van der Waals surface area contributed by atoms with Crippen LogP contribution >= 0.6 is 0 Å². The number of nitrogens with one attached hydrogen (secondary N) is 1. The molecule has 0 aliphatic heterocycles. The lowest BCUT2D eigenvalue weighted by molar-refractivity contribution is -0.118. The molecule has 0 aromatic heterocycles. The van der Waals surface area contributed by atoms with E-state index in [0.717, 1.165) is 35.4 Å². The average molecular weight is 357 g/mol.